The van der Waals surface area contributed by atoms with Crippen LogP contribution in [-0.2, 0) is 16.1 Å². The van der Waals surface area contributed by atoms with Crippen LogP contribution in [0.1, 0.15) is 29.8 Å². The van der Waals surface area contributed by atoms with E-state index in [2.05, 4.69) is 5.32 Å². The number of amides is 2. The van der Waals surface area contributed by atoms with Crippen LogP contribution in [-0.4, -0.2) is 34.6 Å². The van der Waals surface area contributed by atoms with Crippen LogP contribution in [0.15, 0.2) is 60.8 Å². The van der Waals surface area contributed by atoms with E-state index >= 15 is 0 Å². The number of hydrogen-bond donors (Lipinski definition) is 1. The van der Waals surface area contributed by atoms with Gasteiger partial charge in [-0.3, -0.25) is 4.79 Å². The van der Waals surface area contributed by atoms with Crippen molar-refractivity contribution in [3.63, 3.8) is 0 Å². The summed E-state index contributed by atoms with van der Waals surface area (Å²) in [4.78, 5) is 26.4. The first-order chi connectivity index (χ1) is 15.0. The quantitative estimate of drug-likeness (QED) is 0.645. The van der Waals surface area contributed by atoms with Gasteiger partial charge in [-0.2, -0.15) is 0 Å². The number of ether oxygens (including phenoxy) is 1. The Morgan fingerprint density at radius 1 is 1.10 bits per heavy atom. The molecule has 0 saturated heterocycles. The van der Waals surface area contributed by atoms with Crippen molar-refractivity contribution in [3.05, 3.63) is 89.2 Å². The lowest BCUT2D eigenvalue weighted by molar-refractivity contribution is -0.141. The van der Waals surface area contributed by atoms with Gasteiger partial charge in [0, 0.05) is 18.0 Å². The molecule has 160 valence electrons. The highest BCUT2D eigenvalue weighted by Crippen LogP contribution is 2.37. The minimum Gasteiger partial charge on any atom is -0.465 e. The van der Waals surface area contributed by atoms with Crippen molar-refractivity contribution >= 4 is 12.0 Å². The highest BCUT2D eigenvalue weighted by molar-refractivity contribution is 5.81. The molecule has 6 nitrogen and oxygen atoms in total. The number of esters is 1. The van der Waals surface area contributed by atoms with E-state index in [1.807, 2.05) is 41.1 Å². The van der Waals surface area contributed by atoms with Gasteiger partial charge < -0.3 is 19.5 Å². The van der Waals surface area contributed by atoms with E-state index in [0.717, 1.165) is 17.3 Å². The molecule has 31 heavy (non-hydrogen) atoms. The lowest BCUT2D eigenvalue weighted by atomic mass is 10.0. The van der Waals surface area contributed by atoms with Gasteiger partial charge in [0.05, 0.1) is 24.9 Å². The van der Waals surface area contributed by atoms with Crippen LogP contribution in [0, 0.1) is 11.6 Å². The molecule has 3 aromatic rings. The molecule has 4 rings (SSSR count). The molecule has 0 bridgehead atoms. The third-order valence-corrected chi connectivity index (χ3v) is 5.11. The summed E-state index contributed by atoms with van der Waals surface area (Å²) in [5.74, 6) is -2.04. The number of nitrogens with one attached hydrogen (secondary N) is 1. The van der Waals surface area contributed by atoms with Crippen molar-refractivity contribution in [2.45, 2.75) is 19.5 Å². The van der Waals surface area contributed by atoms with E-state index in [1.54, 1.807) is 13.0 Å². The molecular formula is C23H21F2N3O3. The molecule has 0 fully saturated rings. The molecule has 0 saturated carbocycles. The van der Waals surface area contributed by atoms with Crippen LogP contribution in [0.2, 0.25) is 0 Å². The average molecular weight is 425 g/mol. The van der Waals surface area contributed by atoms with Gasteiger partial charge in [-0.05, 0) is 48.4 Å². The number of carbonyl (C=O) groups excluding carboxylic acids is 2. The molecule has 2 heterocycles. The molecule has 8 heteroatoms. The summed E-state index contributed by atoms with van der Waals surface area (Å²) >= 11 is 0. The zero-order chi connectivity index (χ0) is 22.0. The van der Waals surface area contributed by atoms with Crippen molar-refractivity contribution in [3.8, 4) is 5.69 Å². The second-order valence-electron chi connectivity index (χ2n) is 7.13. The number of halogens is 2. The van der Waals surface area contributed by atoms with Crippen molar-refractivity contribution in [2.75, 3.05) is 13.2 Å². The lowest BCUT2D eigenvalue weighted by Gasteiger charge is -2.31. The van der Waals surface area contributed by atoms with Gasteiger partial charge in [-0.15, -0.1) is 0 Å². The molecule has 1 aliphatic rings. The molecule has 2 amide bonds. The van der Waals surface area contributed by atoms with Gasteiger partial charge in [0.1, 0.15) is 18.2 Å². The van der Waals surface area contributed by atoms with Gasteiger partial charge in [-0.25, -0.2) is 13.6 Å². The highest BCUT2D eigenvalue weighted by Gasteiger charge is 2.33. The van der Waals surface area contributed by atoms with E-state index < -0.39 is 29.7 Å². The summed E-state index contributed by atoms with van der Waals surface area (Å²) < 4.78 is 35.0. The predicted molar refractivity (Wildman–Crippen MR) is 110 cm³/mol. The van der Waals surface area contributed by atoms with Gasteiger partial charge in [-0.1, -0.05) is 18.2 Å². The maximum Gasteiger partial charge on any atom is 0.325 e. The fourth-order valence-electron chi connectivity index (χ4n) is 3.88. The first-order valence-electron chi connectivity index (χ1n) is 9.89. The Morgan fingerprint density at radius 2 is 1.84 bits per heavy atom. The number of nitrogens with zero attached hydrogens (tertiary/aromatic N) is 2. The number of carbonyl (C=O) groups is 2. The summed E-state index contributed by atoms with van der Waals surface area (Å²) in [6, 6.07) is 13.1. The molecular weight excluding hydrogens is 404 g/mol. The van der Waals surface area contributed by atoms with Gasteiger partial charge in [0.25, 0.3) is 0 Å². The van der Waals surface area contributed by atoms with E-state index in [-0.39, 0.29) is 25.3 Å². The Bertz CT molecular complexity index is 1110. The summed E-state index contributed by atoms with van der Waals surface area (Å²) in [6.07, 6.45) is 1.84. The van der Waals surface area contributed by atoms with Crippen molar-refractivity contribution in [2.24, 2.45) is 0 Å². The first kappa shape index (κ1) is 20.6. The van der Waals surface area contributed by atoms with E-state index in [9.17, 15) is 18.4 Å². The number of rotatable bonds is 4. The van der Waals surface area contributed by atoms with Crippen LogP contribution >= 0.6 is 0 Å². The van der Waals surface area contributed by atoms with Gasteiger partial charge >= 0.3 is 12.0 Å². The molecule has 0 aliphatic carbocycles. The maximum atomic E-state index is 14.1. The third-order valence-electron chi connectivity index (χ3n) is 5.11. The molecule has 1 atom stereocenters. The van der Waals surface area contributed by atoms with E-state index in [0.29, 0.717) is 5.69 Å². The monoisotopic (exact) mass is 425 g/mol. The first-order valence-corrected chi connectivity index (χ1v) is 9.89. The summed E-state index contributed by atoms with van der Waals surface area (Å²) in [7, 11) is 0. The summed E-state index contributed by atoms with van der Waals surface area (Å²) in [5.41, 5.74) is 2.67. The number of aromatic nitrogens is 1. The SMILES string of the molecule is CCOC(=O)CNC(=O)N1Cc2ccccc2-n2cccc2C1c1cc(F)cc(F)c1. The Kier molecular flexibility index (Phi) is 5.70. The predicted octanol–water partition coefficient (Wildman–Crippen LogP) is 3.93. The minimum atomic E-state index is -0.783. The fourth-order valence-corrected chi connectivity index (χ4v) is 3.88. The van der Waals surface area contributed by atoms with Gasteiger partial charge in [0.2, 0.25) is 0 Å². The van der Waals surface area contributed by atoms with Crippen LogP contribution in [0.3, 0.4) is 0 Å². The number of hydrogen-bond acceptors (Lipinski definition) is 3. The molecule has 1 aromatic heterocycles. The molecule has 0 radical (unpaired) electrons. The minimum absolute atomic E-state index is 0.176. The van der Waals surface area contributed by atoms with Crippen LogP contribution < -0.4 is 5.32 Å². The molecule has 1 unspecified atom stereocenters. The van der Waals surface area contributed by atoms with E-state index in [4.69, 9.17) is 4.74 Å². The third kappa shape index (κ3) is 4.14. The van der Waals surface area contributed by atoms with Crippen molar-refractivity contribution in [1.82, 2.24) is 14.8 Å². The highest BCUT2D eigenvalue weighted by atomic mass is 19.1. The maximum absolute atomic E-state index is 14.1. The summed E-state index contributed by atoms with van der Waals surface area (Å²) in [5, 5.41) is 2.56. The second kappa shape index (κ2) is 8.59. The zero-order valence-electron chi connectivity index (χ0n) is 16.8. The van der Waals surface area contributed by atoms with Crippen LogP contribution in [0.4, 0.5) is 13.6 Å². The number of urea groups is 1. The zero-order valence-corrected chi connectivity index (χ0v) is 16.8. The average Bonchev–Trinajstić information content (AvgIpc) is 3.15. The van der Waals surface area contributed by atoms with Crippen LogP contribution in [0.5, 0.6) is 0 Å². The van der Waals surface area contributed by atoms with Crippen molar-refractivity contribution < 1.29 is 23.1 Å². The molecule has 1 aliphatic heterocycles. The topological polar surface area (TPSA) is 63.6 Å². The Balaban J connectivity index is 1.80. The standard InChI is InChI=1S/C23H21F2N3O3/c1-2-31-21(29)13-26-23(30)28-14-15-6-3-4-7-19(15)27-9-5-8-20(27)22(28)16-10-17(24)12-18(25)11-16/h3-12,22H,2,13-14H2,1H3,(H,26,30). The Hall–Kier alpha value is -3.68. The number of benzene rings is 2. The smallest absolute Gasteiger partial charge is 0.325 e. The fraction of sp³-hybridized carbons (Fsp3) is 0.217. The Morgan fingerprint density at radius 3 is 2.58 bits per heavy atom. The lowest BCUT2D eigenvalue weighted by Crippen LogP contribution is -2.44. The number of fused-ring (bicyclic) bond motifs is 3. The second-order valence-corrected chi connectivity index (χ2v) is 7.13. The summed E-state index contributed by atoms with van der Waals surface area (Å²) in [6.45, 7) is 1.74. The van der Waals surface area contributed by atoms with E-state index in [1.165, 1.54) is 17.0 Å². The van der Waals surface area contributed by atoms with Gasteiger partial charge in [0.15, 0.2) is 0 Å². The molecule has 1 N–H and O–H groups in total. The van der Waals surface area contributed by atoms with Crippen LogP contribution in [0.25, 0.3) is 5.69 Å². The largest absolute Gasteiger partial charge is 0.465 e. The number of para-hydroxylation sites is 1. The van der Waals surface area contributed by atoms with Crippen molar-refractivity contribution in [1.29, 1.82) is 0 Å². The Labute approximate surface area is 178 Å². The normalized spacial score (nSPS) is 14.9. The molecule has 0 spiro atoms. The molecule has 2 aromatic carbocycles.